The summed E-state index contributed by atoms with van der Waals surface area (Å²) in [6.45, 7) is 13.0. The van der Waals surface area contributed by atoms with Crippen LogP contribution < -0.4 is 5.32 Å². The number of hydrogen-bond donors (Lipinski definition) is 3. The third-order valence-corrected chi connectivity index (χ3v) is 14.8. The number of ketones is 1. The number of aliphatic hydroxyl groups is 2. The van der Waals surface area contributed by atoms with Gasteiger partial charge in [-0.15, -0.1) is 0 Å². The van der Waals surface area contributed by atoms with Crippen molar-refractivity contribution in [1.82, 2.24) is 15.1 Å². The molecule has 6 aliphatic rings. The van der Waals surface area contributed by atoms with Gasteiger partial charge in [-0.1, -0.05) is 44.2 Å². The molecule has 0 unspecified atom stereocenters. The Hall–Kier alpha value is -2.75. The van der Waals surface area contributed by atoms with E-state index in [0.717, 1.165) is 24.8 Å². The summed E-state index contributed by atoms with van der Waals surface area (Å²) in [5.74, 6) is 2.08. The topological polar surface area (TPSA) is 119 Å². The lowest BCUT2D eigenvalue weighted by Crippen LogP contribution is -2.63. The van der Waals surface area contributed by atoms with Gasteiger partial charge in [0, 0.05) is 51.1 Å². The average molecular weight is 704 g/mol. The molecule has 2 aliphatic heterocycles. The highest BCUT2D eigenvalue weighted by Crippen LogP contribution is 2.68. The van der Waals surface area contributed by atoms with Crippen LogP contribution in [-0.2, 0) is 25.5 Å². The Labute approximate surface area is 304 Å². The van der Waals surface area contributed by atoms with E-state index >= 15 is 0 Å². The molecule has 0 aromatic heterocycles. The molecule has 51 heavy (non-hydrogen) atoms. The molecule has 4 saturated carbocycles. The van der Waals surface area contributed by atoms with Crippen LogP contribution in [0.15, 0.2) is 42.2 Å². The van der Waals surface area contributed by atoms with E-state index in [-0.39, 0.29) is 53.0 Å². The molecule has 1 aromatic rings. The molecule has 7 rings (SSSR count). The van der Waals surface area contributed by atoms with Gasteiger partial charge in [0.15, 0.2) is 11.5 Å². The predicted molar refractivity (Wildman–Crippen MR) is 195 cm³/mol. The molecule has 11 atom stereocenters. The lowest BCUT2D eigenvalue weighted by molar-refractivity contribution is -0.156. The largest absolute Gasteiger partial charge is 0.482 e. The van der Waals surface area contributed by atoms with Crippen molar-refractivity contribution in [3.05, 3.63) is 47.7 Å². The summed E-state index contributed by atoms with van der Waals surface area (Å²) >= 11 is 0. The second-order valence-corrected chi connectivity index (χ2v) is 18.3. The van der Waals surface area contributed by atoms with Crippen LogP contribution in [0.25, 0.3) is 0 Å². The van der Waals surface area contributed by atoms with Crippen LogP contribution in [0.4, 0.5) is 0 Å². The first-order valence-electron chi connectivity index (χ1n) is 19.9. The highest BCUT2D eigenvalue weighted by molar-refractivity contribution is 6.03. The summed E-state index contributed by atoms with van der Waals surface area (Å²) in [6, 6.07) is 8.93. The molecular formula is C42H61N3O6. The van der Waals surface area contributed by atoms with Crippen LogP contribution in [0.1, 0.15) is 98.0 Å². The number of aliphatic hydroxyl groups excluding tert-OH is 2. The summed E-state index contributed by atoms with van der Waals surface area (Å²) in [5.41, 5.74) is 0.566. The maximum atomic E-state index is 14.1. The number of allylic oxidation sites excluding steroid dienone is 1. The number of carbonyl (C=O) groups excluding carboxylic acids is 3. The van der Waals surface area contributed by atoms with Crippen LogP contribution in [-0.4, -0.2) is 93.7 Å². The van der Waals surface area contributed by atoms with Gasteiger partial charge in [-0.3, -0.25) is 19.3 Å². The predicted octanol–water partition coefficient (Wildman–Crippen LogP) is 4.89. The summed E-state index contributed by atoms with van der Waals surface area (Å²) in [6.07, 6.45) is 10.3. The monoisotopic (exact) mass is 703 g/mol. The number of amides is 2. The van der Waals surface area contributed by atoms with E-state index in [0.29, 0.717) is 62.2 Å². The number of benzene rings is 1. The lowest BCUT2D eigenvalue weighted by atomic mass is 9.44. The fourth-order valence-corrected chi connectivity index (χ4v) is 12.3. The Morgan fingerprint density at radius 2 is 1.67 bits per heavy atom. The molecule has 9 nitrogen and oxygen atoms in total. The minimum absolute atomic E-state index is 0.0479. The Balaban J connectivity index is 1.02. The van der Waals surface area contributed by atoms with Crippen molar-refractivity contribution in [3.63, 3.8) is 0 Å². The van der Waals surface area contributed by atoms with Crippen molar-refractivity contribution >= 4 is 17.6 Å². The van der Waals surface area contributed by atoms with Crippen molar-refractivity contribution in [2.45, 2.75) is 129 Å². The third kappa shape index (κ3) is 6.92. The average Bonchev–Trinajstić information content (AvgIpc) is 3.45. The molecule has 0 bridgehead atoms. The highest BCUT2D eigenvalue weighted by Gasteiger charge is 2.62. The van der Waals surface area contributed by atoms with Gasteiger partial charge in [-0.2, -0.15) is 0 Å². The van der Waals surface area contributed by atoms with Crippen LogP contribution in [0.3, 0.4) is 0 Å². The molecule has 2 amide bonds. The molecule has 1 aromatic carbocycles. The molecule has 2 heterocycles. The fourth-order valence-electron chi connectivity index (χ4n) is 12.3. The van der Waals surface area contributed by atoms with Crippen molar-refractivity contribution < 1.29 is 29.3 Å². The minimum Gasteiger partial charge on any atom is -0.482 e. The molecule has 5 fully saturated rings. The number of piperazine rings is 1. The van der Waals surface area contributed by atoms with Crippen LogP contribution >= 0.6 is 0 Å². The Morgan fingerprint density at radius 3 is 2.35 bits per heavy atom. The van der Waals surface area contributed by atoms with Crippen molar-refractivity contribution in [2.75, 3.05) is 26.2 Å². The zero-order valence-electron chi connectivity index (χ0n) is 31.5. The number of hydrogen-bond acceptors (Lipinski definition) is 7. The van der Waals surface area contributed by atoms with E-state index in [1.54, 1.807) is 13.8 Å². The highest BCUT2D eigenvalue weighted by atomic mass is 16.5. The Bertz CT molecular complexity index is 1500. The van der Waals surface area contributed by atoms with E-state index in [1.807, 2.05) is 42.2 Å². The molecule has 0 radical (unpaired) electrons. The van der Waals surface area contributed by atoms with E-state index in [2.05, 4.69) is 24.1 Å². The summed E-state index contributed by atoms with van der Waals surface area (Å²) in [5, 5.41) is 25.2. The van der Waals surface area contributed by atoms with E-state index in [4.69, 9.17) is 4.74 Å². The molecular weight excluding hydrogens is 642 g/mol. The summed E-state index contributed by atoms with van der Waals surface area (Å²) < 4.78 is 5.85. The van der Waals surface area contributed by atoms with E-state index < -0.39 is 17.6 Å². The number of carbonyl (C=O) groups is 3. The standard InChI is InChI=1S/C42H61N3O6/c1-26(46)31-13-14-32-30-12-11-28-22-36(48)35(25-42(28,5)33(30)15-16-41(31,32)4)44-17-19-45(20-18-44)39(50)34(21-27-9-7-6-8-10-27)43-38(49)37-23-29(47)24-40(2,3)51-37/h6-10,23,26,28,30-36,46,48H,11-22,24-25H2,1-5H3,(H,43,49)/t26-,28+,30+,31-,32+,33+,34+,35+,36+,41-,42+/m1/s1. The van der Waals surface area contributed by atoms with Gasteiger partial charge >= 0.3 is 0 Å². The second-order valence-electron chi connectivity index (χ2n) is 18.3. The SMILES string of the molecule is C[C@@H](O)[C@H]1CC[C@H]2[C@@H]3CC[C@H]4C[C@H](O)[C@@H](N5CCN(C(=O)[C@H](Cc6ccccc6)NC(=O)C6=CC(=O)CC(C)(C)O6)CC5)C[C@]4(C)[C@H]3CC[C@]12C. The number of fused-ring (bicyclic) bond motifs is 5. The molecule has 9 heteroatoms. The Morgan fingerprint density at radius 1 is 0.961 bits per heavy atom. The van der Waals surface area contributed by atoms with Gasteiger partial charge in [-0.05, 0) is 118 Å². The van der Waals surface area contributed by atoms with Gasteiger partial charge in [-0.25, -0.2) is 0 Å². The van der Waals surface area contributed by atoms with Gasteiger partial charge < -0.3 is 25.2 Å². The van der Waals surface area contributed by atoms with Gasteiger partial charge in [0.1, 0.15) is 11.6 Å². The maximum Gasteiger partial charge on any atom is 0.287 e. The smallest absolute Gasteiger partial charge is 0.287 e. The van der Waals surface area contributed by atoms with Gasteiger partial charge in [0.25, 0.3) is 5.91 Å². The lowest BCUT2D eigenvalue weighted by Gasteiger charge is -2.63. The van der Waals surface area contributed by atoms with Crippen molar-refractivity contribution in [3.8, 4) is 0 Å². The maximum absolute atomic E-state index is 14.1. The first-order valence-corrected chi connectivity index (χ1v) is 19.9. The summed E-state index contributed by atoms with van der Waals surface area (Å²) in [4.78, 5) is 44.2. The van der Waals surface area contributed by atoms with E-state index in [9.17, 15) is 24.6 Å². The molecule has 280 valence electrons. The molecule has 4 aliphatic carbocycles. The van der Waals surface area contributed by atoms with Crippen LogP contribution in [0, 0.1) is 40.4 Å². The molecule has 0 spiro atoms. The molecule has 1 saturated heterocycles. The number of nitrogens with zero attached hydrogens (tertiary/aromatic N) is 2. The van der Waals surface area contributed by atoms with Gasteiger partial charge in [0.05, 0.1) is 12.2 Å². The van der Waals surface area contributed by atoms with Crippen LogP contribution in [0.2, 0.25) is 0 Å². The third-order valence-electron chi connectivity index (χ3n) is 14.8. The second kappa shape index (κ2) is 13.9. The van der Waals surface area contributed by atoms with Crippen molar-refractivity contribution in [2.24, 2.45) is 40.4 Å². The molecule has 3 N–H and O–H groups in total. The normalized spacial score (nSPS) is 39.0. The number of nitrogens with one attached hydrogen (secondary N) is 1. The minimum atomic E-state index is -0.809. The zero-order valence-corrected chi connectivity index (χ0v) is 31.5. The number of ether oxygens (including phenoxy) is 1. The first kappa shape index (κ1) is 36.6. The zero-order chi connectivity index (χ0) is 36.3. The quantitative estimate of drug-likeness (QED) is 0.370. The van der Waals surface area contributed by atoms with Crippen LogP contribution in [0.5, 0.6) is 0 Å². The van der Waals surface area contributed by atoms with Gasteiger partial charge in [0.2, 0.25) is 5.91 Å². The summed E-state index contributed by atoms with van der Waals surface area (Å²) in [7, 11) is 0. The fraction of sp³-hybridized carbons (Fsp3) is 0.738. The van der Waals surface area contributed by atoms with E-state index in [1.165, 1.54) is 38.2 Å². The number of rotatable bonds is 7. The van der Waals surface area contributed by atoms with Crippen molar-refractivity contribution in [1.29, 1.82) is 0 Å². The Kier molecular flexibility index (Phi) is 9.98. The first-order chi connectivity index (χ1) is 24.2.